The van der Waals surface area contributed by atoms with E-state index in [1.165, 1.54) is 6.92 Å². The molecule has 74 valence electrons. The molecule has 0 N–H and O–H groups in total. The molecule has 0 saturated heterocycles. The van der Waals surface area contributed by atoms with Crippen LogP contribution >= 0.6 is 0 Å². The first kappa shape index (κ1) is 10.4. The summed E-state index contributed by atoms with van der Waals surface area (Å²) in [6.07, 6.45) is 0. The molecule has 2 nitrogen and oxygen atoms in total. The third-order valence-corrected chi connectivity index (χ3v) is 1.64. The van der Waals surface area contributed by atoms with Crippen molar-refractivity contribution in [2.24, 2.45) is 0 Å². The predicted molar refractivity (Wildman–Crippen MR) is 42.5 cm³/mol. The first-order chi connectivity index (χ1) is 6.54. The Hall–Kier alpha value is -1.70. The van der Waals surface area contributed by atoms with Crippen molar-refractivity contribution < 1.29 is 17.9 Å². The van der Waals surface area contributed by atoms with Crippen LogP contribution in [0.5, 0.6) is 5.75 Å². The van der Waals surface area contributed by atoms with Gasteiger partial charge in [0.15, 0.2) is 0 Å². The molecule has 14 heavy (non-hydrogen) atoms. The Bertz CT molecular complexity index is 384. The highest BCUT2D eigenvalue weighted by Gasteiger charge is 2.12. The molecule has 0 aliphatic rings. The first-order valence-electron chi connectivity index (χ1n) is 3.69. The number of benzene rings is 1. The highest BCUT2D eigenvalue weighted by Crippen LogP contribution is 2.24. The minimum absolute atomic E-state index is 0.0377. The highest BCUT2D eigenvalue weighted by molar-refractivity contribution is 5.42. The standard InChI is InChI=1S/C9H6F3NO/c1-5-7(10)2-6(4-13)3-8(5)14-9(11)12/h2-3,9H,1H3. The smallest absolute Gasteiger partial charge is 0.387 e. The monoisotopic (exact) mass is 201 g/mol. The summed E-state index contributed by atoms with van der Waals surface area (Å²) in [4.78, 5) is 0. The molecule has 0 bridgehead atoms. The van der Waals surface area contributed by atoms with E-state index in [1.807, 2.05) is 0 Å². The van der Waals surface area contributed by atoms with Gasteiger partial charge in [0.05, 0.1) is 11.6 Å². The number of halogens is 3. The molecule has 0 radical (unpaired) electrons. The van der Waals surface area contributed by atoms with Gasteiger partial charge in [-0.2, -0.15) is 14.0 Å². The Morgan fingerprint density at radius 3 is 2.57 bits per heavy atom. The van der Waals surface area contributed by atoms with Gasteiger partial charge in [-0.25, -0.2) is 4.39 Å². The molecule has 0 aliphatic carbocycles. The van der Waals surface area contributed by atoms with Gasteiger partial charge in [0, 0.05) is 5.56 Å². The average Bonchev–Trinajstić information content (AvgIpc) is 2.11. The number of ether oxygens (including phenoxy) is 1. The zero-order valence-corrected chi connectivity index (χ0v) is 7.22. The SMILES string of the molecule is Cc1c(F)cc(C#N)cc1OC(F)F. The van der Waals surface area contributed by atoms with Gasteiger partial charge in [-0.15, -0.1) is 0 Å². The summed E-state index contributed by atoms with van der Waals surface area (Å²) in [7, 11) is 0. The molecule has 5 heteroatoms. The molecule has 0 unspecified atom stereocenters. The number of alkyl halides is 2. The van der Waals surface area contributed by atoms with Crippen molar-refractivity contribution in [2.45, 2.75) is 13.5 Å². The lowest BCUT2D eigenvalue weighted by Gasteiger charge is -2.08. The van der Waals surface area contributed by atoms with Crippen LogP contribution in [0.2, 0.25) is 0 Å². The summed E-state index contributed by atoms with van der Waals surface area (Å²) < 4.78 is 40.7. The topological polar surface area (TPSA) is 33.0 Å². The second kappa shape index (κ2) is 4.01. The van der Waals surface area contributed by atoms with E-state index in [0.717, 1.165) is 12.1 Å². The van der Waals surface area contributed by atoms with Crippen molar-refractivity contribution in [3.05, 3.63) is 29.1 Å². The second-order valence-corrected chi connectivity index (χ2v) is 2.57. The summed E-state index contributed by atoms with van der Waals surface area (Å²) in [6, 6.07) is 3.68. The van der Waals surface area contributed by atoms with Crippen LogP contribution in [0.25, 0.3) is 0 Å². The maximum Gasteiger partial charge on any atom is 0.387 e. The van der Waals surface area contributed by atoms with Gasteiger partial charge in [-0.05, 0) is 19.1 Å². The molecule has 0 fully saturated rings. The van der Waals surface area contributed by atoms with Crippen molar-refractivity contribution in [1.82, 2.24) is 0 Å². The van der Waals surface area contributed by atoms with Crippen LogP contribution in [-0.2, 0) is 0 Å². The van der Waals surface area contributed by atoms with E-state index < -0.39 is 12.4 Å². The van der Waals surface area contributed by atoms with Crippen molar-refractivity contribution in [3.8, 4) is 11.8 Å². The Balaban J connectivity index is 3.15. The first-order valence-corrected chi connectivity index (χ1v) is 3.69. The fraction of sp³-hybridized carbons (Fsp3) is 0.222. The fourth-order valence-corrected chi connectivity index (χ4v) is 0.937. The van der Waals surface area contributed by atoms with E-state index in [1.54, 1.807) is 6.07 Å². The number of rotatable bonds is 2. The number of nitrogens with zero attached hydrogens (tertiary/aromatic N) is 1. The van der Waals surface area contributed by atoms with Gasteiger partial charge in [-0.3, -0.25) is 0 Å². The van der Waals surface area contributed by atoms with Gasteiger partial charge < -0.3 is 4.74 Å². The van der Waals surface area contributed by atoms with Gasteiger partial charge in [0.1, 0.15) is 11.6 Å². The van der Waals surface area contributed by atoms with Crippen LogP contribution in [0.1, 0.15) is 11.1 Å². The van der Waals surface area contributed by atoms with Gasteiger partial charge in [0.2, 0.25) is 0 Å². The van der Waals surface area contributed by atoms with E-state index in [9.17, 15) is 13.2 Å². The minimum Gasteiger partial charge on any atom is -0.434 e. The number of hydrogen-bond donors (Lipinski definition) is 0. The third-order valence-electron chi connectivity index (χ3n) is 1.64. The molecule has 1 rings (SSSR count). The fourth-order valence-electron chi connectivity index (χ4n) is 0.937. The summed E-state index contributed by atoms with van der Waals surface area (Å²) >= 11 is 0. The molecular formula is C9H6F3NO. The van der Waals surface area contributed by atoms with Crippen LogP contribution in [0.3, 0.4) is 0 Å². The van der Waals surface area contributed by atoms with Crippen LogP contribution in [0.4, 0.5) is 13.2 Å². The van der Waals surface area contributed by atoms with E-state index >= 15 is 0 Å². The quantitative estimate of drug-likeness (QED) is 0.736. The molecule has 1 aromatic carbocycles. The van der Waals surface area contributed by atoms with E-state index in [2.05, 4.69) is 4.74 Å². The van der Waals surface area contributed by atoms with Crippen molar-refractivity contribution in [1.29, 1.82) is 5.26 Å². The lowest BCUT2D eigenvalue weighted by molar-refractivity contribution is -0.0504. The molecule has 0 heterocycles. The zero-order valence-electron chi connectivity index (χ0n) is 7.22. The van der Waals surface area contributed by atoms with E-state index in [-0.39, 0.29) is 16.9 Å². The van der Waals surface area contributed by atoms with E-state index in [0.29, 0.717) is 0 Å². The summed E-state index contributed by atoms with van der Waals surface area (Å²) in [5.41, 5.74) is -0.0898. The lowest BCUT2D eigenvalue weighted by atomic mass is 10.1. The maximum atomic E-state index is 13.0. The molecule has 0 saturated carbocycles. The van der Waals surface area contributed by atoms with Crippen molar-refractivity contribution in [3.63, 3.8) is 0 Å². The van der Waals surface area contributed by atoms with Crippen LogP contribution in [0.15, 0.2) is 12.1 Å². The summed E-state index contributed by atoms with van der Waals surface area (Å²) in [6.45, 7) is -1.73. The van der Waals surface area contributed by atoms with Gasteiger partial charge in [-0.1, -0.05) is 0 Å². The third kappa shape index (κ3) is 2.16. The lowest BCUT2D eigenvalue weighted by Crippen LogP contribution is -2.04. The summed E-state index contributed by atoms with van der Waals surface area (Å²) in [5, 5.41) is 8.45. The van der Waals surface area contributed by atoms with Crippen LogP contribution in [-0.4, -0.2) is 6.61 Å². The van der Waals surface area contributed by atoms with Gasteiger partial charge in [0.25, 0.3) is 0 Å². The molecule has 0 atom stereocenters. The average molecular weight is 201 g/mol. The van der Waals surface area contributed by atoms with Gasteiger partial charge >= 0.3 is 6.61 Å². The molecule has 1 aromatic rings. The second-order valence-electron chi connectivity index (χ2n) is 2.57. The van der Waals surface area contributed by atoms with Crippen molar-refractivity contribution in [2.75, 3.05) is 0 Å². The Morgan fingerprint density at radius 2 is 2.07 bits per heavy atom. The predicted octanol–water partition coefficient (Wildman–Crippen LogP) is 2.61. The number of hydrogen-bond acceptors (Lipinski definition) is 2. The van der Waals surface area contributed by atoms with E-state index in [4.69, 9.17) is 5.26 Å². The van der Waals surface area contributed by atoms with Crippen LogP contribution < -0.4 is 4.74 Å². The summed E-state index contributed by atoms with van der Waals surface area (Å²) in [5.74, 6) is -1.05. The molecule has 0 spiro atoms. The largest absolute Gasteiger partial charge is 0.434 e. The molecule has 0 aliphatic heterocycles. The molecular weight excluding hydrogens is 195 g/mol. The van der Waals surface area contributed by atoms with Crippen LogP contribution in [0, 0.1) is 24.1 Å². The number of nitriles is 1. The molecule has 0 aromatic heterocycles. The van der Waals surface area contributed by atoms with Crippen molar-refractivity contribution >= 4 is 0 Å². The minimum atomic E-state index is -3.03. The Labute approximate surface area is 78.5 Å². The normalized spacial score (nSPS) is 10.0. The highest BCUT2D eigenvalue weighted by atomic mass is 19.3. The molecule has 0 amide bonds. The zero-order chi connectivity index (χ0) is 10.7. The Kier molecular flexibility index (Phi) is 2.97. The maximum absolute atomic E-state index is 13.0. The Morgan fingerprint density at radius 1 is 1.43 bits per heavy atom.